The normalized spacial score (nSPS) is 44.7. The van der Waals surface area contributed by atoms with Crippen molar-refractivity contribution in [1.82, 2.24) is 0 Å². The third-order valence-electron chi connectivity index (χ3n) is 1.80. The molecule has 66 valence electrons. The van der Waals surface area contributed by atoms with Gasteiger partial charge in [-0.3, -0.25) is 0 Å². The summed E-state index contributed by atoms with van der Waals surface area (Å²) in [6.07, 6.45) is -2.48. The maximum atomic E-state index is 9.34. The summed E-state index contributed by atoms with van der Waals surface area (Å²) in [6, 6.07) is 0. The minimum Gasteiger partial charge on any atom is -0.396 e. The van der Waals surface area contributed by atoms with Crippen molar-refractivity contribution >= 4 is 0 Å². The molecule has 4 N–H and O–H groups in total. The Morgan fingerprint density at radius 1 is 1.45 bits per heavy atom. The number of aliphatic hydroxyl groups is 4. The molecule has 1 fully saturated rings. The maximum absolute atomic E-state index is 9.34. The SMILES string of the molecule is OCC[C@]1(O)OC[C@@H](O)[C@H]1O. The van der Waals surface area contributed by atoms with Gasteiger partial charge >= 0.3 is 0 Å². The molecular weight excluding hydrogens is 152 g/mol. The Labute approximate surface area is 63.8 Å². The van der Waals surface area contributed by atoms with Crippen LogP contribution in [0.15, 0.2) is 0 Å². The molecule has 1 aliphatic heterocycles. The monoisotopic (exact) mass is 164 g/mol. The van der Waals surface area contributed by atoms with E-state index in [1.54, 1.807) is 0 Å². The second kappa shape index (κ2) is 3.04. The van der Waals surface area contributed by atoms with Crippen molar-refractivity contribution in [1.29, 1.82) is 0 Å². The average molecular weight is 164 g/mol. The van der Waals surface area contributed by atoms with Crippen LogP contribution in [-0.4, -0.2) is 51.6 Å². The first-order valence-electron chi connectivity index (χ1n) is 3.43. The highest BCUT2D eigenvalue weighted by Gasteiger charge is 2.46. The van der Waals surface area contributed by atoms with Gasteiger partial charge in [0.15, 0.2) is 5.79 Å². The highest BCUT2D eigenvalue weighted by atomic mass is 16.7. The Morgan fingerprint density at radius 2 is 2.09 bits per heavy atom. The number of aliphatic hydroxyl groups excluding tert-OH is 3. The van der Waals surface area contributed by atoms with E-state index >= 15 is 0 Å². The van der Waals surface area contributed by atoms with Crippen LogP contribution in [0.2, 0.25) is 0 Å². The van der Waals surface area contributed by atoms with Crippen molar-refractivity contribution in [2.24, 2.45) is 0 Å². The standard InChI is InChI=1S/C6H12O5/c7-2-1-6(10)5(9)4(8)3-11-6/h4-5,7-10H,1-3H2/t4-,5-,6+/m1/s1. The maximum Gasteiger partial charge on any atom is 0.196 e. The number of hydrogen-bond donors (Lipinski definition) is 4. The Kier molecular flexibility index (Phi) is 2.46. The molecule has 1 rings (SSSR count). The molecule has 5 heteroatoms. The molecule has 0 amide bonds. The molecular formula is C6H12O5. The van der Waals surface area contributed by atoms with Crippen molar-refractivity contribution in [2.45, 2.75) is 24.4 Å². The third-order valence-corrected chi connectivity index (χ3v) is 1.80. The molecule has 0 aliphatic carbocycles. The quantitative estimate of drug-likeness (QED) is 0.372. The molecule has 11 heavy (non-hydrogen) atoms. The smallest absolute Gasteiger partial charge is 0.196 e. The first kappa shape index (κ1) is 8.89. The molecule has 0 saturated carbocycles. The summed E-state index contributed by atoms with van der Waals surface area (Å²) in [7, 11) is 0. The molecule has 1 heterocycles. The second-order valence-electron chi connectivity index (χ2n) is 2.64. The molecule has 0 radical (unpaired) electrons. The molecule has 5 nitrogen and oxygen atoms in total. The zero-order valence-electron chi connectivity index (χ0n) is 5.97. The minimum absolute atomic E-state index is 0.0920. The van der Waals surface area contributed by atoms with Gasteiger partial charge in [-0.15, -0.1) is 0 Å². The fraction of sp³-hybridized carbons (Fsp3) is 1.00. The average Bonchev–Trinajstić information content (AvgIpc) is 2.19. The summed E-state index contributed by atoms with van der Waals surface area (Å²) >= 11 is 0. The molecule has 0 aromatic carbocycles. The van der Waals surface area contributed by atoms with Crippen molar-refractivity contribution in [3.63, 3.8) is 0 Å². The highest BCUT2D eigenvalue weighted by Crippen LogP contribution is 2.26. The molecule has 0 spiro atoms. The largest absolute Gasteiger partial charge is 0.396 e. The predicted molar refractivity (Wildman–Crippen MR) is 34.6 cm³/mol. The van der Waals surface area contributed by atoms with E-state index in [2.05, 4.69) is 0 Å². The van der Waals surface area contributed by atoms with Gasteiger partial charge in [0.05, 0.1) is 6.61 Å². The summed E-state index contributed by atoms with van der Waals surface area (Å²) in [5.41, 5.74) is 0. The van der Waals surface area contributed by atoms with Gasteiger partial charge < -0.3 is 25.2 Å². The lowest BCUT2D eigenvalue weighted by Gasteiger charge is -2.24. The highest BCUT2D eigenvalue weighted by molar-refractivity contribution is 4.88. The lowest BCUT2D eigenvalue weighted by atomic mass is 10.1. The molecule has 1 saturated heterocycles. The Bertz CT molecular complexity index is 135. The van der Waals surface area contributed by atoms with Gasteiger partial charge in [0, 0.05) is 13.0 Å². The molecule has 0 aromatic heterocycles. The third kappa shape index (κ3) is 1.52. The van der Waals surface area contributed by atoms with Gasteiger partial charge in [0.2, 0.25) is 0 Å². The van der Waals surface area contributed by atoms with Crippen LogP contribution in [0.3, 0.4) is 0 Å². The summed E-state index contributed by atoms with van der Waals surface area (Å²) < 4.78 is 4.70. The lowest BCUT2D eigenvalue weighted by Crippen LogP contribution is -2.43. The fourth-order valence-corrected chi connectivity index (χ4v) is 1.09. The van der Waals surface area contributed by atoms with Gasteiger partial charge in [0.1, 0.15) is 12.2 Å². The van der Waals surface area contributed by atoms with Crippen LogP contribution in [0.1, 0.15) is 6.42 Å². The number of rotatable bonds is 2. The topological polar surface area (TPSA) is 90.2 Å². The van der Waals surface area contributed by atoms with Crippen LogP contribution in [-0.2, 0) is 4.74 Å². The van der Waals surface area contributed by atoms with Crippen LogP contribution in [0.4, 0.5) is 0 Å². The van der Waals surface area contributed by atoms with Crippen LogP contribution in [0.25, 0.3) is 0 Å². The van der Waals surface area contributed by atoms with Crippen molar-refractivity contribution in [2.75, 3.05) is 13.2 Å². The van der Waals surface area contributed by atoms with E-state index in [0.717, 1.165) is 0 Å². The van der Waals surface area contributed by atoms with Gasteiger partial charge in [-0.25, -0.2) is 0 Å². The summed E-state index contributed by atoms with van der Waals surface area (Å²) in [5, 5.41) is 35.9. The summed E-state index contributed by atoms with van der Waals surface area (Å²) in [5.74, 6) is -1.77. The molecule has 0 bridgehead atoms. The fourth-order valence-electron chi connectivity index (χ4n) is 1.09. The second-order valence-corrected chi connectivity index (χ2v) is 2.64. The van der Waals surface area contributed by atoms with E-state index in [-0.39, 0.29) is 19.6 Å². The summed E-state index contributed by atoms with van der Waals surface area (Å²) in [4.78, 5) is 0. The van der Waals surface area contributed by atoms with E-state index in [9.17, 15) is 5.11 Å². The lowest BCUT2D eigenvalue weighted by molar-refractivity contribution is -0.222. The van der Waals surface area contributed by atoms with Crippen LogP contribution in [0, 0.1) is 0 Å². The molecule has 1 aliphatic rings. The van der Waals surface area contributed by atoms with Crippen molar-refractivity contribution in [3.8, 4) is 0 Å². The van der Waals surface area contributed by atoms with Gasteiger partial charge in [-0.2, -0.15) is 0 Å². The number of ether oxygens (including phenoxy) is 1. The Hall–Kier alpha value is -0.200. The summed E-state index contributed by atoms with van der Waals surface area (Å²) in [6.45, 7) is -0.391. The van der Waals surface area contributed by atoms with Crippen LogP contribution >= 0.6 is 0 Å². The van der Waals surface area contributed by atoms with Crippen molar-refractivity contribution in [3.05, 3.63) is 0 Å². The first-order chi connectivity index (χ1) is 5.10. The van der Waals surface area contributed by atoms with Gasteiger partial charge in [-0.1, -0.05) is 0 Å². The zero-order valence-corrected chi connectivity index (χ0v) is 5.97. The molecule has 0 unspecified atom stereocenters. The van der Waals surface area contributed by atoms with E-state index in [4.69, 9.17) is 20.1 Å². The molecule has 3 atom stereocenters. The van der Waals surface area contributed by atoms with Crippen molar-refractivity contribution < 1.29 is 25.2 Å². The van der Waals surface area contributed by atoms with E-state index in [1.165, 1.54) is 0 Å². The zero-order chi connectivity index (χ0) is 8.48. The Balaban J connectivity index is 2.57. The van der Waals surface area contributed by atoms with Crippen LogP contribution in [0.5, 0.6) is 0 Å². The number of hydrogen-bond acceptors (Lipinski definition) is 5. The predicted octanol–water partition coefficient (Wildman–Crippen LogP) is -2.19. The van der Waals surface area contributed by atoms with Crippen LogP contribution < -0.4 is 0 Å². The Morgan fingerprint density at radius 3 is 2.45 bits per heavy atom. The van der Waals surface area contributed by atoms with E-state index in [1.807, 2.05) is 0 Å². The van der Waals surface area contributed by atoms with Gasteiger partial charge in [0.25, 0.3) is 0 Å². The minimum atomic E-state index is -1.77. The van der Waals surface area contributed by atoms with Gasteiger partial charge in [-0.05, 0) is 0 Å². The van der Waals surface area contributed by atoms with E-state index < -0.39 is 18.0 Å². The molecule has 0 aromatic rings. The van der Waals surface area contributed by atoms with E-state index in [0.29, 0.717) is 0 Å². The first-order valence-corrected chi connectivity index (χ1v) is 3.43.